The van der Waals surface area contributed by atoms with E-state index in [0.29, 0.717) is 12.2 Å². The molecule has 0 radical (unpaired) electrons. The van der Waals surface area contributed by atoms with Crippen LogP contribution in [0.15, 0.2) is 23.0 Å². The Bertz CT molecular complexity index is 545. The number of anilines is 1. The molecule has 102 valence electrons. The van der Waals surface area contributed by atoms with Gasteiger partial charge in [-0.1, -0.05) is 13.3 Å². The van der Waals surface area contributed by atoms with Crippen LogP contribution >= 0.6 is 0 Å². The third-order valence-corrected chi connectivity index (χ3v) is 2.93. The second-order valence-electron chi connectivity index (χ2n) is 4.51. The van der Waals surface area contributed by atoms with Gasteiger partial charge in [0.1, 0.15) is 0 Å². The quantitative estimate of drug-likeness (QED) is 0.860. The van der Waals surface area contributed by atoms with E-state index in [9.17, 15) is 4.79 Å². The summed E-state index contributed by atoms with van der Waals surface area (Å²) in [6.07, 6.45) is 4.93. The third-order valence-electron chi connectivity index (χ3n) is 2.93. The number of furan rings is 1. The molecule has 2 rings (SSSR count). The van der Waals surface area contributed by atoms with E-state index < -0.39 is 0 Å². The zero-order chi connectivity index (χ0) is 13.8. The van der Waals surface area contributed by atoms with Gasteiger partial charge in [-0.05, 0) is 12.5 Å². The van der Waals surface area contributed by atoms with Gasteiger partial charge in [0.25, 0.3) is 5.91 Å². The minimum atomic E-state index is -0.197. The molecule has 3 N–H and O–H groups in total. The van der Waals surface area contributed by atoms with Gasteiger partial charge in [-0.25, -0.2) is 0 Å². The highest BCUT2D eigenvalue weighted by Gasteiger charge is 2.20. The van der Waals surface area contributed by atoms with Crippen molar-refractivity contribution >= 4 is 11.6 Å². The average Bonchev–Trinajstić information content (AvgIpc) is 3.00. The Kier molecular flexibility index (Phi) is 3.89. The Hall–Kier alpha value is -2.24. The molecule has 6 heteroatoms. The van der Waals surface area contributed by atoms with Crippen molar-refractivity contribution < 1.29 is 9.21 Å². The molecule has 0 aliphatic carbocycles. The molecule has 2 aromatic heterocycles. The van der Waals surface area contributed by atoms with E-state index in [4.69, 9.17) is 10.2 Å². The first-order chi connectivity index (χ1) is 9.13. The molecule has 0 saturated heterocycles. The second kappa shape index (κ2) is 5.60. The van der Waals surface area contributed by atoms with Crippen LogP contribution in [0.25, 0.3) is 0 Å². The molecule has 0 aromatic carbocycles. The Morgan fingerprint density at radius 3 is 3.00 bits per heavy atom. The van der Waals surface area contributed by atoms with Crippen LogP contribution in [0.5, 0.6) is 0 Å². The summed E-state index contributed by atoms with van der Waals surface area (Å²) in [5.41, 5.74) is 8.43. The molecule has 0 bridgehead atoms. The first kappa shape index (κ1) is 13.2. The van der Waals surface area contributed by atoms with Crippen LogP contribution in [0, 0.1) is 0 Å². The zero-order valence-corrected chi connectivity index (χ0v) is 11.1. The largest absolute Gasteiger partial charge is 0.472 e. The number of hydrogen-bond acceptors (Lipinski definition) is 4. The monoisotopic (exact) mass is 262 g/mol. The molecular formula is C13H18N4O2. The van der Waals surface area contributed by atoms with Crippen molar-refractivity contribution in [1.82, 2.24) is 15.1 Å². The maximum Gasteiger partial charge on any atom is 0.276 e. The lowest BCUT2D eigenvalue weighted by atomic mass is 10.2. The highest BCUT2D eigenvalue weighted by atomic mass is 16.3. The maximum absolute atomic E-state index is 12.2. The molecule has 0 aliphatic rings. The van der Waals surface area contributed by atoms with Crippen LogP contribution in [0.3, 0.4) is 0 Å². The van der Waals surface area contributed by atoms with E-state index in [0.717, 1.165) is 24.1 Å². The molecule has 1 amide bonds. The van der Waals surface area contributed by atoms with Gasteiger partial charge in [-0.15, -0.1) is 0 Å². The fraction of sp³-hybridized carbons (Fsp3) is 0.385. The van der Waals surface area contributed by atoms with Crippen molar-refractivity contribution in [3.63, 3.8) is 0 Å². The van der Waals surface area contributed by atoms with Gasteiger partial charge in [0.05, 0.1) is 23.9 Å². The number of nitrogens with two attached hydrogens (primary N) is 1. The number of nitrogen functional groups attached to an aromatic ring is 1. The van der Waals surface area contributed by atoms with E-state index in [1.54, 1.807) is 24.5 Å². The van der Waals surface area contributed by atoms with E-state index in [-0.39, 0.29) is 11.6 Å². The summed E-state index contributed by atoms with van der Waals surface area (Å²) in [5.74, 6) is -0.197. The summed E-state index contributed by atoms with van der Waals surface area (Å²) < 4.78 is 4.98. The fourth-order valence-electron chi connectivity index (χ4n) is 1.90. The minimum Gasteiger partial charge on any atom is -0.472 e. The number of aromatic nitrogens is 2. The average molecular weight is 262 g/mol. The number of carbonyl (C=O) groups is 1. The molecule has 0 spiro atoms. The predicted molar refractivity (Wildman–Crippen MR) is 71.5 cm³/mol. The first-order valence-corrected chi connectivity index (χ1v) is 6.22. The molecule has 6 nitrogen and oxygen atoms in total. The Labute approximate surface area is 111 Å². The Morgan fingerprint density at radius 2 is 2.37 bits per heavy atom. The molecule has 2 aromatic rings. The number of aryl methyl sites for hydroxylation is 1. The van der Waals surface area contributed by atoms with Crippen molar-refractivity contribution in [1.29, 1.82) is 0 Å². The maximum atomic E-state index is 12.2. The molecule has 0 fully saturated rings. The van der Waals surface area contributed by atoms with Crippen LogP contribution in [0.2, 0.25) is 0 Å². The van der Waals surface area contributed by atoms with Crippen molar-refractivity contribution in [2.75, 3.05) is 12.8 Å². The first-order valence-electron chi connectivity index (χ1n) is 6.22. The summed E-state index contributed by atoms with van der Waals surface area (Å²) in [6, 6.07) is 1.82. The van der Waals surface area contributed by atoms with Gasteiger partial charge in [0, 0.05) is 19.2 Å². The summed E-state index contributed by atoms with van der Waals surface area (Å²) in [7, 11) is 1.71. The van der Waals surface area contributed by atoms with Gasteiger partial charge in [-0.3, -0.25) is 9.89 Å². The van der Waals surface area contributed by atoms with Gasteiger partial charge >= 0.3 is 0 Å². The van der Waals surface area contributed by atoms with Gasteiger partial charge in [-0.2, -0.15) is 5.10 Å². The summed E-state index contributed by atoms with van der Waals surface area (Å²) in [4.78, 5) is 13.8. The van der Waals surface area contributed by atoms with Crippen LogP contribution in [0.1, 0.15) is 35.1 Å². The number of carbonyl (C=O) groups excluding carboxylic acids is 1. The van der Waals surface area contributed by atoms with E-state index in [1.807, 2.05) is 13.0 Å². The van der Waals surface area contributed by atoms with E-state index >= 15 is 0 Å². The Morgan fingerprint density at radius 1 is 1.58 bits per heavy atom. The van der Waals surface area contributed by atoms with Crippen LogP contribution in [-0.4, -0.2) is 28.1 Å². The highest BCUT2D eigenvalue weighted by molar-refractivity contribution is 5.97. The third kappa shape index (κ3) is 2.78. The lowest BCUT2D eigenvalue weighted by Crippen LogP contribution is -2.27. The number of aromatic amines is 1. The minimum absolute atomic E-state index is 0.197. The summed E-state index contributed by atoms with van der Waals surface area (Å²) in [5, 5.41) is 6.85. The predicted octanol–water partition coefficient (Wildman–Crippen LogP) is 1.81. The lowest BCUT2D eigenvalue weighted by Gasteiger charge is -2.14. The lowest BCUT2D eigenvalue weighted by molar-refractivity contribution is 0.0780. The van der Waals surface area contributed by atoms with Crippen molar-refractivity contribution in [3.05, 3.63) is 35.5 Å². The Balaban J connectivity index is 2.10. The standard InChI is InChI=1S/C13H18N4O2/c1-3-4-10-11(14)12(16-15-10)13(18)17(2)7-9-5-6-19-8-9/h5-6,8H,3-4,7,14H2,1-2H3,(H,15,16). The van der Waals surface area contributed by atoms with Crippen LogP contribution in [-0.2, 0) is 13.0 Å². The number of nitrogens with zero attached hydrogens (tertiary/aromatic N) is 2. The topological polar surface area (TPSA) is 88.2 Å². The number of H-pyrrole nitrogens is 1. The van der Waals surface area contributed by atoms with Crippen molar-refractivity contribution in [3.8, 4) is 0 Å². The van der Waals surface area contributed by atoms with Gasteiger partial charge < -0.3 is 15.1 Å². The SMILES string of the molecule is CCCc1[nH]nc(C(=O)N(C)Cc2ccoc2)c1N. The second-order valence-corrected chi connectivity index (χ2v) is 4.51. The smallest absolute Gasteiger partial charge is 0.276 e. The van der Waals surface area contributed by atoms with Crippen molar-refractivity contribution in [2.45, 2.75) is 26.3 Å². The fourth-order valence-corrected chi connectivity index (χ4v) is 1.90. The summed E-state index contributed by atoms with van der Waals surface area (Å²) in [6.45, 7) is 2.51. The number of hydrogen-bond donors (Lipinski definition) is 2. The molecule has 0 saturated carbocycles. The molecule has 0 unspecified atom stereocenters. The molecule has 19 heavy (non-hydrogen) atoms. The van der Waals surface area contributed by atoms with E-state index in [2.05, 4.69) is 10.2 Å². The van der Waals surface area contributed by atoms with Crippen LogP contribution < -0.4 is 5.73 Å². The number of amides is 1. The molecule has 0 atom stereocenters. The van der Waals surface area contributed by atoms with Crippen LogP contribution in [0.4, 0.5) is 5.69 Å². The van der Waals surface area contributed by atoms with Gasteiger partial charge in [0.2, 0.25) is 0 Å². The van der Waals surface area contributed by atoms with Crippen molar-refractivity contribution in [2.24, 2.45) is 0 Å². The van der Waals surface area contributed by atoms with E-state index in [1.165, 1.54) is 0 Å². The zero-order valence-electron chi connectivity index (χ0n) is 11.1. The number of rotatable bonds is 5. The normalized spacial score (nSPS) is 10.6. The summed E-state index contributed by atoms with van der Waals surface area (Å²) >= 11 is 0. The molecule has 2 heterocycles. The highest BCUT2D eigenvalue weighted by Crippen LogP contribution is 2.18. The molecular weight excluding hydrogens is 244 g/mol. The molecule has 0 aliphatic heterocycles. The van der Waals surface area contributed by atoms with Gasteiger partial charge in [0.15, 0.2) is 5.69 Å². The number of nitrogens with one attached hydrogen (secondary N) is 1.